The average Bonchev–Trinajstić information content (AvgIpc) is 3.06. The standard InChI is InChI=1S/C12H20O5/c13-10-4-2-6-17-12(10)16-5-1-3-8-7-9(8)11(14)15/h8-10,12-13H,1-7H2,(H,14,15). The van der Waals surface area contributed by atoms with Crippen LogP contribution in [-0.2, 0) is 14.3 Å². The molecule has 1 saturated carbocycles. The molecule has 0 aromatic heterocycles. The number of ether oxygens (including phenoxy) is 2. The molecule has 2 rings (SSSR count). The van der Waals surface area contributed by atoms with Gasteiger partial charge in [-0.15, -0.1) is 0 Å². The Morgan fingerprint density at radius 2 is 2.29 bits per heavy atom. The van der Waals surface area contributed by atoms with Gasteiger partial charge in [0.05, 0.1) is 5.92 Å². The van der Waals surface area contributed by atoms with E-state index < -0.39 is 18.4 Å². The number of rotatable bonds is 6. The minimum absolute atomic E-state index is 0.133. The van der Waals surface area contributed by atoms with Crippen molar-refractivity contribution < 1.29 is 24.5 Å². The summed E-state index contributed by atoms with van der Waals surface area (Å²) in [6, 6.07) is 0. The molecule has 1 heterocycles. The Hall–Kier alpha value is -0.650. The first-order valence-corrected chi connectivity index (χ1v) is 6.32. The van der Waals surface area contributed by atoms with E-state index in [9.17, 15) is 9.90 Å². The molecule has 1 saturated heterocycles. The van der Waals surface area contributed by atoms with Crippen molar-refractivity contribution in [2.45, 2.75) is 44.5 Å². The van der Waals surface area contributed by atoms with Crippen molar-refractivity contribution in [2.24, 2.45) is 11.8 Å². The number of aliphatic hydroxyl groups is 1. The van der Waals surface area contributed by atoms with Gasteiger partial charge in [0, 0.05) is 13.2 Å². The zero-order valence-corrected chi connectivity index (χ0v) is 9.88. The highest BCUT2D eigenvalue weighted by atomic mass is 16.7. The zero-order chi connectivity index (χ0) is 12.3. The van der Waals surface area contributed by atoms with Gasteiger partial charge >= 0.3 is 5.97 Å². The van der Waals surface area contributed by atoms with E-state index in [-0.39, 0.29) is 5.92 Å². The fourth-order valence-corrected chi connectivity index (χ4v) is 2.31. The summed E-state index contributed by atoms with van der Waals surface area (Å²) < 4.78 is 10.8. The van der Waals surface area contributed by atoms with Crippen LogP contribution in [-0.4, -0.2) is 41.8 Å². The van der Waals surface area contributed by atoms with Crippen molar-refractivity contribution in [1.82, 2.24) is 0 Å². The van der Waals surface area contributed by atoms with E-state index in [1.54, 1.807) is 0 Å². The molecular formula is C12H20O5. The summed E-state index contributed by atoms with van der Waals surface area (Å²) in [6.07, 6.45) is 3.13. The van der Waals surface area contributed by atoms with Gasteiger partial charge in [0.25, 0.3) is 0 Å². The van der Waals surface area contributed by atoms with Crippen LogP contribution >= 0.6 is 0 Å². The summed E-state index contributed by atoms with van der Waals surface area (Å²) in [5, 5.41) is 18.3. The summed E-state index contributed by atoms with van der Waals surface area (Å²) in [5.41, 5.74) is 0. The zero-order valence-electron chi connectivity index (χ0n) is 9.88. The number of carbonyl (C=O) groups is 1. The highest BCUT2D eigenvalue weighted by molar-refractivity contribution is 5.73. The fourth-order valence-electron chi connectivity index (χ4n) is 2.31. The Morgan fingerprint density at radius 3 is 2.94 bits per heavy atom. The van der Waals surface area contributed by atoms with E-state index in [4.69, 9.17) is 14.6 Å². The molecule has 98 valence electrons. The lowest BCUT2D eigenvalue weighted by Gasteiger charge is -2.27. The van der Waals surface area contributed by atoms with Gasteiger partial charge in [-0.2, -0.15) is 0 Å². The van der Waals surface area contributed by atoms with E-state index in [2.05, 4.69) is 0 Å². The molecule has 5 nitrogen and oxygen atoms in total. The first-order valence-electron chi connectivity index (χ1n) is 6.32. The van der Waals surface area contributed by atoms with Gasteiger partial charge in [-0.25, -0.2) is 0 Å². The maximum absolute atomic E-state index is 10.6. The lowest BCUT2D eigenvalue weighted by atomic mass is 10.1. The summed E-state index contributed by atoms with van der Waals surface area (Å²) >= 11 is 0. The molecule has 0 aromatic rings. The third-order valence-corrected chi connectivity index (χ3v) is 3.48. The molecule has 0 spiro atoms. The van der Waals surface area contributed by atoms with Crippen LogP contribution in [0.25, 0.3) is 0 Å². The van der Waals surface area contributed by atoms with Crippen molar-refractivity contribution in [2.75, 3.05) is 13.2 Å². The quantitative estimate of drug-likeness (QED) is 0.682. The minimum atomic E-state index is -0.679. The van der Waals surface area contributed by atoms with Crippen molar-refractivity contribution in [1.29, 1.82) is 0 Å². The van der Waals surface area contributed by atoms with Gasteiger partial charge in [-0.05, 0) is 38.0 Å². The number of carboxylic acid groups (broad SMARTS) is 1. The van der Waals surface area contributed by atoms with Gasteiger partial charge in [0.15, 0.2) is 6.29 Å². The largest absolute Gasteiger partial charge is 0.481 e. The third kappa shape index (κ3) is 3.66. The van der Waals surface area contributed by atoms with Crippen molar-refractivity contribution >= 4 is 5.97 Å². The van der Waals surface area contributed by atoms with Crippen LogP contribution in [0.5, 0.6) is 0 Å². The Balaban J connectivity index is 1.53. The van der Waals surface area contributed by atoms with Gasteiger partial charge in [-0.1, -0.05) is 0 Å². The van der Waals surface area contributed by atoms with Gasteiger partial charge in [-0.3, -0.25) is 4.79 Å². The Morgan fingerprint density at radius 1 is 1.47 bits per heavy atom. The van der Waals surface area contributed by atoms with Gasteiger partial charge < -0.3 is 19.7 Å². The lowest BCUT2D eigenvalue weighted by molar-refractivity contribution is -0.214. The van der Waals surface area contributed by atoms with Crippen LogP contribution < -0.4 is 0 Å². The molecule has 2 fully saturated rings. The molecule has 0 bridgehead atoms. The second-order valence-electron chi connectivity index (χ2n) is 4.90. The summed E-state index contributed by atoms with van der Waals surface area (Å²) in [6.45, 7) is 1.18. The molecule has 1 aliphatic carbocycles. The molecule has 0 radical (unpaired) electrons. The summed E-state index contributed by atoms with van der Waals surface area (Å²) in [7, 11) is 0. The highest BCUT2D eigenvalue weighted by Crippen LogP contribution is 2.42. The number of carboxylic acids is 1. The summed E-state index contributed by atoms with van der Waals surface area (Å²) in [5.74, 6) is -0.484. The predicted octanol–water partition coefficient (Wildman–Crippen LogP) is 1.00. The molecule has 5 heteroatoms. The Bertz CT molecular complexity index is 268. The fraction of sp³-hybridized carbons (Fsp3) is 0.917. The number of aliphatic hydroxyl groups excluding tert-OH is 1. The average molecular weight is 244 g/mol. The molecule has 1 aliphatic heterocycles. The SMILES string of the molecule is O=C(O)C1CC1CCCOC1OCCCC1O. The van der Waals surface area contributed by atoms with Gasteiger partial charge in [0.1, 0.15) is 6.10 Å². The molecule has 2 N–H and O–H groups in total. The van der Waals surface area contributed by atoms with E-state index in [0.717, 1.165) is 32.1 Å². The first kappa shape index (κ1) is 12.8. The van der Waals surface area contributed by atoms with Crippen molar-refractivity contribution in [3.8, 4) is 0 Å². The van der Waals surface area contributed by atoms with Crippen LogP contribution in [0.1, 0.15) is 32.1 Å². The molecule has 0 aromatic carbocycles. The van der Waals surface area contributed by atoms with Crippen LogP contribution in [0.3, 0.4) is 0 Å². The molecular weight excluding hydrogens is 224 g/mol. The number of hydrogen-bond acceptors (Lipinski definition) is 4. The maximum Gasteiger partial charge on any atom is 0.306 e. The van der Waals surface area contributed by atoms with Crippen LogP contribution in [0, 0.1) is 11.8 Å². The Kier molecular flexibility index (Phi) is 4.36. The molecule has 17 heavy (non-hydrogen) atoms. The molecule has 4 unspecified atom stereocenters. The third-order valence-electron chi connectivity index (χ3n) is 3.48. The number of hydrogen-bond donors (Lipinski definition) is 2. The first-order chi connectivity index (χ1) is 8.18. The molecule has 0 amide bonds. The van der Waals surface area contributed by atoms with Crippen molar-refractivity contribution in [3.63, 3.8) is 0 Å². The predicted molar refractivity (Wildman–Crippen MR) is 59.4 cm³/mol. The highest BCUT2D eigenvalue weighted by Gasteiger charge is 2.42. The second kappa shape index (κ2) is 5.80. The van der Waals surface area contributed by atoms with Crippen LogP contribution in [0.2, 0.25) is 0 Å². The maximum atomic E-state index is 10.6. The smallest absolute Gasteiger partial charge is 0.306 e. The second-order valence-corrected chi connectivity index (χ2v) is 4.90. The lowest BCUT2D eigenvalue weighted by Crippen LogP contribution is -2.36. The summed E-state index contributed by atoms with van der Waals surface area (Å²) in [4.78, 5) is 10.6. The van der Waals surface area contributed by atoms with Crippen LogP contribution in [0.15, 0.2) is 0 Å². The van der Waals surface area contributed by atoms with E-state index in [1.165, 1.54) is 0 Å². The monoisotopic (exact) mass is 244 g/mol. The normalized spacial score (nSPS) is 36.8. The van der Waals surface area contributed by atoms with E-state index >= 15 is 0 Å². The minimum Gasteiger partial charge on any atom is -0.481 e. The van der Waals surface area contributed by atoms with Crippen LogP contribution in [0.4, 0.5) is 0 Å². The van der Waals surface area contributed by atoms with Crippen molar-refractivity contribution in [3.05, 3.63) is 0 Å². The van der Waals surface area contributed by atoms with Gasteiger partial charge in [0.2, 0.25) is 0 Å². The molecule has 4 atom stereocenters. The van der Waals surface area contributed by atoms with E-state index in [0.29, 0.717) is 19.1 Å². The molecule has 2 aliphatic rings. The van der Waals surface area contributed by atoms with E-state index in [1.807, 2.05) is 0 Å². The topological polar surface area (TPSA) is 76.0 Å². The Labute approximate surface area is 101 Å². The number of aliphatic carboxylic acids is 1.